The minimum Gasteiger partial charge on any atom is -0.494 e. The second kappa shape index (κ2) is 8.72. The molecule has 0 spiro atoms. The molecule has 0 fully saturated rings. The molecular weight excluding hydrogens is 304 g/mol. The zero-order valence-corrected chi connectivity index (χ0v) is 14.2. The highest BCUT2D eigenvalue weighted by Crippen LogP contribution is 2.26. The highest BCUT2D eigenvalue weighted by atomic mass is 16.5. The third-order valence-electron chi connectivity index (χ3n) is 3.14. The van der Waals surface area contributed by atoms with Crippen LogP contribution in [0.2, 0.25) is 0 Å². The molecule has 5 heteroatoms. The molecule has 0 unspecified atom stereocenters. The van der Waals surface area contributed by atoms with E-state index in [0.717, 1.165) is 17.0 Å². The molecule has 2 aromatic carbocycles. The Kier molecular flexibility index (Phi) is 6.37. The fourth-order valence-electron chi connectivity index (χ4n) is 2.04. The van der Waals surface area contributed by atoms with Gasteiger partial charge < -0.3 is 14.8 Å². The minimum atomic E-state index is -0.133. The first kappa shape index (κ1) is 17.5. The standard InChI is InChI=1S/C19H22N2O3/c1-14(2)21-19(22)13-24-16-10-8-15(9-11-16)12-20-17-6-4-5-7-18(17)23-3/h4-12,14H,13H2,1-3H3,(H,21,22). The number of ether oxygens (including phenoxy) is 2. The first-order valence-corrected chi connectivity index (χ1v) is 7.78. The zero-order valence-electron chi connectivity index (χ0n) is 14.2. The number of carbonyl (C=O) groups is 1. The largest absolute Gasteiger partial charge is 0.494 e. The van der Waals surface area contributed by atoms with Crippen LogP contribution in [0.3, 0.4) is 0 Å². The number of nitrogens with one attached hydrogen (secondary N) is 1. The summed E-state index contributed by atoms with van der Waals surface area (Å²) in [4.78, 5) is 16.0. The van der Waals surface area contributed by atoms with Crippen molar-refractivity contribution in [2.45, 2.75) is 19.9 Å². The van der Waals surface area contributed by atoms with E-state index in [2.05, 4.69) is 10.3 Å². The van der Waals surface area contributed by atoms with Gasteiger partial charge in [0.1, 0.15) is 17.2 Å². The summed E-state index contributed by atoms with van der Waals surface area (Å²) in [6.45, 7) is 3.83. The maximum Gasteiger partial charge on any atom is 0.258 e. The number of hydrogen-bond acceptors (Lipinski definition) is 4. The summed E-state index contributed by atoms with van der Waals surface area (Å²) < 4.78 is 10.7. The maximum absolute atomic E-state index is 11.5. The molecule has 5 nitrogen and oxygen atoms in total. The number of rotatable bonds is 7. The lowest BCUT2D eigenvalue weighted by Crippen LogP contribution is -2.34. The van der Waals surface area contributed by atoms with Gasteiger partial charge in [0.05, 0.1) is 7.11 Å². The van der Waals surface area contributed by atoms with Gasteiger partial charge in [-0.3, -0.25) is 9.79 Å². The highest BCUT2D eigenvalue weighted by molar-refractivity contribution is 5.83. The van der Waals surface area contributed by atoms with E-state index < -0.39 is 0 Å². The van der Waals surface area contributed by atoms with E-state index in [1.54, 1.807) is 13.3 Å². The maximum atomic E-state index is 11.5. The van der Waals surface area contributed by atoms with Gasteiger partial charge in [-0.05, 0) is 55.8 Å². The second-order valence-electron chi connectivity index (χ2n) is 5.51. The van der Waals surface area contributed by atoms with Crippen molar-refractivity contribution in [3.8, 4) is 11.5 Å². The smallest absolute Gasteiger partial charge is 0.258 e. The molecule has 0 aliphatic heterocycles. The summed E-state index contributed by atoms with van der Waals surface area (Å²) in [5.41, 5.74) is 1.70. The van der Waals surface area contributed by atoms with Gasteiger partial charge in [0.25, 0.3) is 5.91 Å². The average Bonchev–Trinajstić information content (AvgIpc) is 2.58. The summed E-state index contributed by atoms with van der Waals surface area (Å²) in [6.07, 6.45) is 1.76. The van der Waals surface area contributed by atoms with Gasteiger partial charge in [0.15, 0.2) is 6.61 Å². The van der Waals surface area contributed by atoms with Gasteiger partial charge in [-0.1, -0.05) is 12.1 Å². The molecule has 0 saturated carbocycles. The van der Waals surface area contributed by atoms with Crippen LogP contribution >= 0.6 is 0 Å². The van der Waals surface area contributed by atoms with Crippen molar-refractivity contribution >= 4 is 17.8 Å². The van der Waals surface area contributed by atoms with E-state index in [4.69, 9.17) is 9.47 Å². The van der Waals surface area contributed by atoms with Crippen LogP contribution in [0.15, 0.2) is 53.5 Å². The molecule has 24 heavy (non-hydrogen) atoms. The fraction of sp³-hybridized carbons (Fsp3) is 0.263. The van der Waals surface area contributed by atoms with Crippen molar-refractivity contribution < 1.29 is 14.3 Å². The van der Waals surface area contributed by atoms with E-state index in [1.807, 2.05) is 62.4 Å². The summed E-state index contributed by atoms with van der Waals surface area (Å²) in [6, 6.07) is 15.1. The molecule has 0 aliphatic rings. The Morgan fingerprint density at radius 1 is 1.17 bits per heavy atom. The molecule has 2 aromatic rings. The van der Waals surface area contributed by atoms with Gasteiger partial charge in [0.2, 0.25) is 0 Å². The van der Waals surface area contributed by atoms with E-state index in [-0.39, 0.29) is 18.6 Å². The number of amides is 1. The summed E-state index contributed by atoms with van der Waals surface area (Å²) in [5, 5.41) is 2.78. The van der Waals surface area contributed by atoms with Gasteiger partial charge >= 0.3 is 0 Å². The minimum absolute atomic E-state index is 0.00678. The van der Waals surface area contributed by atoms with Crippen LogP contribution in [0.4, 0.5) is 5.69 Å². The fourth-order valence-corrected chi connectivity index (χ4v) is 2.04. The molecular formula is C19H22N2O3. The molecule has 0 heterocycles. The SMILES string of the molecule is COc1ccccc1N=Cc1ccc(OCC(=O)NC(C)C)cc1. The Balaban J connectivity index is 1.94. The van der Waals surface area contributed by atoms with Gasteiger partial charge in [-0.2, -0.15) is 0 Å². The first-order chi connectivity index (χ1) is 11.6. The van der Waals surface area contributed by atoms with Gasteiger partial charge in [-0.15, -0.1) is 0 Å². The van der Waals surface area contributed by atoms with Crippen molar-refractivity contribution in [3.63, 3.8) is 0 Å². The molecule has 0 radical (unpaired) electrons. The average molecular weight is 326 g/mol. The molecule has 2 rings (SSSR count). The summed E-state index contributed by atoms with van der Waals surface area (Å²) >= 11 is 0. The van der Waals surface area contributed by atoms with E-state index in [1.165, 1.54) is 0 Å². The number of para-hydroxylation sites is 2. The molecule has 1 amide bonds. The van der Waals surface area contributed by atoms with Crippen LogP contribution in [0.5, 0.6) is 11.5 Å². The molecule has 126 valence electrons. The Bertz CT molecular complexity index is 694. The number of nitrogens with zero attached hydrogens (tertiary/aromatic N) is 1. The molecule has 0 bridgehead atoms. The Morgan fingerprint density at radius 3 is 2.54 bits per heavy atom. The lowest BCUT2D eigenvalue weighted by atomic mass is 10.2. The van der Waals surface area contributed by atoms with E-state index in [9.17, 15) is 4.79 Å². The zero-order chi connectivity index (χ0) is 17.4. The Morgan fingerprint density at radius 2 is 1.88 bits per heavy atom. The topological polar surface area (TPSA) is 59.9 Å². The van der Waals surface area contributed by atoms with Crippen LogP contribution in [0.1, 0.15) is 19.4 Å². The van der Waals surface area contributed by atoms with E-state index in [0.29, 0.717) is 5.75 Å². The third kappa shape index (κ3) is 5.43. The predicted molar refractivity (Wildman–Crippen MR) is 95.5 cm³/mol. The van der Waals surface area contributed by atoms with Crippen LogP contribution in [-0.2, 0) is 4.79 Å². The molecule has 1 N–H and O–H groups in total. The number of hydrogen-bond donors (Lipinski definition) is 1. The first-order valence-electron chi connectivity index (χ1n) is 7.78. The quantitative estimate of drug-likeness (QED) is 0.794. The molecule has 0 aliphatic carbocycles. The Hall–Kier alpha value is -2.82. The number of aliphatic imine (C=N–C) groups is 1. The van der Waals surface area contributed by atoms with Gasteiger partial charge in [-0.25, -0.2) is 0 Å². The summed E-state index contributed by atoms with van der Waals surface area (Å²) in [5.74, 6) is 1.24. The lowest BCUT2D eigenvalue weighted by molar-refractivity contribution is -0.123. The predicted octanol–water partition coefficient (Wildman–Crippen LogP) is 3.35. The molecule has 0 aromatic heterocycles. The molecule has 0 saturated heterocycles. The lowest BCUT2D eigenvalue weighted by Gasteiger charge is -2.09. The summed E-state index contributed by atoms with van der Waals surface area (Å²) in [7, 11) is 1.62. The van der Waals surface area contributed by atoms with Crippen molar-refractivity contribution in [1.82, 2.24) is 5.32 Å². The monoisotopic (exact) mass is 326 g/mol. The second-order valence-corrected chi connectivity index (χ2v) is 5.51. The number of carbonyl (C=O) groups excluding carboxylic acids is 1. The van der Waals surface area contributed by atoms with Crippen molar-refractivity contribution in [3.05, 3.63) is 54.1 Å². The normalized spacial score (nSPS) is 10.8. The van der Waals surface area contributed by atoms with Crippen LogP contribution in [0, 0.1) is 0 Å². The van der Waals surface area contributed by atoms with Crippen molar-refractivity contribution in [2.24, 2.45) is 4.99 Å². The third-order valence-corrected chi connectivity index (χ3v) is 3.14. The van der Waals surface area contributed by atoms with E-state index >= 15 is 0 Å². The Labute approximate surface area is 142 Å². The number of methoxy groups -OCH3 is 1. The molecule has 0 atom stereocenters. The van der Waals surface area contributed by atoms with Crippen molar-refractivity contribution in [1.29, 1.82) is 0 Å². The van der Waals surface area contributed by atoms with Crippen LogP contribution in [0.25, 0.3) is 0 Å². The van der Waals surface area contributed by atoms with Crippen LogP contribution in [-0.4, -0.2) is 31.9 Å². The van der Waals surface area contributed by atoms with Crippen molar-refractivity contribution in [2.75, 3.05) is 13.7 Å². The van der Waals surface area contributed by atoms with Gasteiger partial charge in [0, 0.05) is 12.3 Å². The van der Waals surface area contributed by atoms with Crippen LogP contribution < -0.4 is 14.8 Å². The number of benzene rings is 2. The highest BCUT2D eigenvalue weighted by Gasteiger charge is 2.04.